The molecule has 0 fully saturated rings. The molecule has 1 rings (SSSR count). The maximum atomic E-state index is 12.0. The van der Waals surface area contributed by atoms with E-state index in [-0.39, 0.29) is 5.91 Å². The zero-order valence-electron chi connectivity index (χ0n) is 12.5. The number of unbranched alkanes of at least 4 members (excludes halogenated alkanes) is 1. The van der Waals surface area contributed by atoms with Gasteiger partial charge < -0.3 is 10.1 Å². The van der Waals surface area contributed by atoms with Crippen LogP contribution in [0.3, 0.4) is 0 Å². The Bertz CT molecular complexity index is 415. The van der Waals surface area contributed by atoms with Crippen LogP contribution in [0, 0.1) is 13.8 Å². The Hall–Kier alpha value is -1.51. The van der Waals surface area contributed by atoms with Gasteiger partial charge in [0, 0.05) is 6.54 Å². The third-order valence-corrected chi connectivity index (χ3v) is 3.25. The number of carbonyl (C=O) groups excluding carboxylic acids is 1. The van der Waals surface area contributed by atoms with Crippen LogP contribution < -0.4 is 10.1 Å². The summed E-state index contributed by atoms with van der Waals surface area (Å²) in [6, 6.07) is 5.92. The first-order chi connectivity index (χ1) is 9.08. The van der Waals surface area contributed by atoms with Gasteiger partial charge in [-0.1, -0.05) is 26.3 Å². The van der Waals surface area contributed by atoms with Crippen LogP contribution in [-0.2, 0) is 4.79 Å². The highest BCUT2D eigenvalue weighted by Crippen LogP contribution is 2.18. The molecule has 1 aromatic rings. The minimum absolute atomic E-state index is 0.0193. The van der Waals surface area contributed by atoms with E-state index in [2.05, 4.69) is 19.2 Å². The van der Waals surface area contributed by atoms with Crippen molar-refractivity contribution in [3.05, 3.63) is 29.3 Å². The second-order valence-electron chi connectivity index (χ2n) is 4.91. The molecule has 1 amide bonds. The van der Waals surface area contributed by atoms with Gasteiger partial charge in [-0.05, 0) is 49.9 Å². The normalized spacial score (nSPS) is 12.0. The Kier molecular flexibility index (Phi) is 6.40. The van der Waals surface area contributed by atoms with Crippen molar-refractivity contribution in [3.63, 3.8) is 0 Å². The fourth-order valence-corrected chi connectivity index (χ4v) is 1.78. The quantitative estimate of drug-likeness (QED) is 0.766. The van der Waals surface area contributed by atoms with Gasteiger partial charge in [-0.2, -0.15) is 0 Å². The molecule has 3 nitrogen and oxygen atoms in total. The minimum atomic E-state index is -0.404. The van der Waals surface area contributed by atoms with Crippen LogP contribution in [-0.4, -0.2) is 18.6 Å². The Morgan fingerprint density at radius 1 is 1.26 bits per heavy atom. The van der Waals surface area contributed by atoms with E-state index < -0.39 is 6.10 Å². The molecule has 1 aromatic carbocycles. The number of amides is 1. The van der Waals surface area contributed by atoms with Crippen molar-refractivity contribution in [2.24, 2.45) is 0 Å². The Morgan fingerprint density at radius 3 is 2.58 bits per heavy atom. The number of hydrogen-bond acceptors (Lipinski definition) is 2. The van der Waals surface area contributed by atoms with Gasteiger partial charge >= 0.3 is 0 Å². The van der Waals surface area contributed by atoms with Crippen LogP contribution in [0.5, 0.6) is 5.75 Å². The summed E-state index contributed by atoms with van der Waals surface area (Å²) in [6.07, 6.45) is 2.35. The molecule has 3 heteroatoms. The molecule has 19 heavy (non-hydrogen) atoms. The second-order valence-corrected chi connectivity index (χ2v) is 4.91. The predicted octanol–water partition coefficient (Wildman–Crippen LogP) is 3.38. The number of aryl methyl sites for hydroxylation is 2. The van der Waals surface area contributed by atoms with Crippen molar-refractivity contribution in [3.8, 4) is 5.75 Å². The van der Waals surface area contributed by atoms with Crippen LogP contribution in [0.2, 0.25) is 0 Å². The van der Waals surface area contributed by atoms with Crippen LogP contribution in [0.25, 0.3) is 0 Å². The number of hydrogen-bond donors (Lipinski definition) is 1. The average Bonchev–Trinajstić information content (AvgIpc) is 2.40. The molecule has 0 unspecified atom stereocenters. The van der Waals surface area contributed by atoms with Gasteiger partial charge in [0.05, 0.1) is 0 Å². The van der Waals surface area contributed by atoms with E-state index in [0.29, 0.717) is 6.42 Å². The summed E-state index contributed by atoms with van der Waals surface area (Å²) < 4.78 is 5.78. The molecule has 0 saturated heterocycles. The summed E-state index contributed by atoms with van der Waals surface area (Å²) >= 11 is 0. The molecule has 0 aliphatic carbocycles. The molecular weight excluding hydrogens is 238 g/mol. The smallest absolute Gasteiger partial charge is 0.261 e. The lowest BCUT2D eigenvalue weighted by atomic mass is 10.1. The van der Waals surface area contributed by atoms with Gasteiger partial charge in [0.2, 0.25) is 0 Å². The van der Waals surface area contributed by atoms with Crippen molar-refractivity contribution in [1.29, 1.82) is 0 Å². The number of nitrogens with one attached hydrogen (secondary N) is 1. The minimum Gasteiger partial charge on any atom is -0.481 e. The first-order valence-electron chi connectivity index (χ1n) is 7.10. The van der Waals surface area contributed by atoms with Gasteiger partial charge in [0.1, 0.15) is 5.75 Å². The second kappa shape index (κ2) is 7.82. The van der Waals surface area contributed by atoms with Crippen LogP contribution >= 0.6 is 0 Å². The molecular formula is C16H25NO2. The van der Waals surface area contributed by atoms with E-state index in [0.717, 1.165) is 25.1 Å². The SMILES string of the molecule is CCCCNC(=O)[C@@H](CC)Oc1ccc(C)c(C)c1. The number of rotatable bonds is 7. The Morgan fingerprint density at radius 2 is 2.00 bits per heavy atom. The van der Waals surface area contributed by atoms with Crippen molar-refractivity contribution in [2.75, 3.05) is 6.54 Å². The molecule has 106 valence electrons. The lowest BCUT2D eigenvalue weighted by Gasteiger charge is -2.18. The Balaban J connectivity index is 2.60. The van der Waals surface area contributed by atoms with Crippen LogP contribution in [0.4, 0.5) is 0 Å². The number of ether oxygens (including phenoxy) is 1. The zero-order chi connectivity index (χ0) is 14.3. The summed E-state index contributed by atoms with van der Waals surface area (Å²) in [5.41, 5.74) is 2.41. The first kappa shape index (κ1) is 15.5. The van der Waals surface area contributed by atoms with Crippen molar-refractivity contribution in [1.82, 2.24) is 5.32 Å². The average molecular weight is 263 g/mol. The molecule has 1 N–H and O–H groups in total. The molecule has 0 saturated carbocycles. The number of benzene rings is 1. The molecule has 0 radical (unpaired) electrons. The first-order valence-corrected chi connectivity index (χ1v) is 7.10. The maximum absolute atomic E-state index is 12.0. The van der Waals surface area contributed by atoms with E-state index in [4.69, 9.17) is 4.74 Å². The van der Waals surface area contributed by atoms with E-state index >= 15 is 0 Å². The molecule has 1 atom stereocenters. The van der Waals surface area contributed by atoms with Crippen LogP contribution in [0.1, 0.15) is 44.2 Å². The monoisotopic (exact) mass is 263 g/mol. The topological polar surface area (TPSA) is 38.3 Å². The van der Waals surface area contributed by atoms with E-state index in [9.17, 15) is 4.79 Å². The summed E-state index contributed by atoms with van der Waals surface area (Å²) in [4.78, 5) is 12.0. The zero-order valence-corrected chi connectivity index (χ0v) is 12.5. The van der Waals surface area contributed by atoms with Crippen molar-refractivity contribution in [2.45, 2.75) is 53.1 Å². The van der Waals surface area contributed by atoms with Gasteiger partial charge in [-0.3, -0.25) is 4.79 Å². The third kappa shape index (κ3) is 4.93. The van der Waals surface area contributed by atoms with Gasteiger partial charge in [0.15, 0.2) is 6.10 Å². The highest BCUT2D eigenvalue weighted by Gasteiger charge is 2.17. The lowest BCUT2D eigenvalue weighted by Crippen LogP contribution is -2.38. The molecule has 0 aromatic heterocycles. The van der Waals surface area contributed by atoms with Gasteiger partial charge in [-0.25, -0.2) is 0 Å². The summed E-state index contributed by atoms with van der Waals surface area (Å²) in [5.74, 6) is 0.745. The van der Waals surface area contributed by atoms with Crippen LogP contribution in [0.15, 0.2) is 18.2 Å². The van der Waals surface area contributed by atoms with Crippen molar-refractivity contribution < 1.29 is 9.53 Å². The fraction of sp³-hybridized carbons (Fsp3) is 0.562. The molecule has 0 aliphatic heterocycles. The van der Waals surface area contributed by atoms with E-state index in [1.54, 1.807) is 0 Å². The largest absolute Gasteiger partial charge is 0.481 e. The van der Waals surface area contributed by atoms with Gasteiger partial charge in [0.25, 0.3) is 5.91 Å². The lowest BCUT2D eigenvalue weighted by molar-refractivity contribution is -0.128. The summed E-state index contributed by atoms with van der Waals surface area (Å²) in [7, 11) is 0. The molecule has 0 heterocycles. The summed E-state index contributed by atoms with van der Waals surface area (Å²) in [5, 5.41) is 2.92. The maximum Gasteiger partial charge on any atom is 0.261 e. The van der Waals surface area contributed by atoms with Crippen molar-refractivity contribution >= 4 is 5.91 Å². The highest BCUT2D eigenvalue weighted by atomic mass is 16.5. The molecule has 0 aliphatic rings. The molecule has 0 spiro atoms. The predicted molar refractivity (Wildman–Crippen MR) is 78.5 cm³/mol. The highest BCUT2D eigenvalue weighted by molar-refractivity contribution is 5.81. The van der Waals surface area contributed by atoms with Gasteiger partial charge in [-0.15, -0.1) is 0 Å². The van der Waals surface area contributed by atoms with E-state index in [1.807, 2.05) is 32.0 Å². The fourth-order valence-electron chi connectivity index (χ4n) is 1.78. The molecule has 0 bridgehead atoms. The standard InChI is InChI=1S/C16H25NO2/c1-5-7-10-17-16(18)15(6-2)19-14-9-8-12(3)13(4)11-14/h8-9,11,15H,5-7,10H2,1-4H3,(H,17,18)/t15-/m1/s1. The third-order valence-electron chi connectivity index (χ3n) is 3.25. The van der Waals surface area contributed by atoms with E-state index in [1.165, 1.54) is 11.1 Å². The summed E-state index contributed by atoms with van der Waals surface area (Å²) in [6.45, 7) is 8.90. The Labute approximate surface area is 116 Å². The number of carbonyl (C=O) groups is 1.